The Balaban J connectivity index is 1.91. The van der Waals surface area contributed by atoms with Gasteiger partial charge < -0.3 is 5.11 Å². The van der Waals surface area contributed by atoms with Gasteiger partial charge in [-0.15, -0.1) is 0 Å². The van der Waals surface area contributed by atoms with Gasteiger partial charge in [-0.3, -0.25) is 9.55 Å². The van der Waals surface area contributed by atoms with Crippen LogP contribution in [0.3, 0.4) is 0 Å². The average molecular weight is 534 g/mol. The molecule has 192 valence electrons. The molecule has 0 aliphatic rings. The Hall–Kier alpha value is -3.93. The molecule has 0 bridgehead atoms. The highest BCUT2D eigenvalue weighted by Crippen LogP contribution is 2.36. The smallest absolute Gasteiger partial charge is 0.396 e. The number of benzene rings is 1. The van der Waals surface area contributed by atoms with Gasteiger partial charge in [-0.1, -0.05) is 0 Å². The molecule has 0 aliphatic carbocycles. The van der Waals surface area contributed by atoms with Crippen molar-refractivity contribution in [3.8, 4) is 23.4 Å². The number of fused-ring (bicyclic) bond motifs is 1. The number of aromatic nitrogens is 4. The number of hydrogen-bond acceptors (Lipinski definition) is 7. The Morgan fingerprint density at radius 3 is 2.46 bits per heavy atom. The fourth-order valence-corrected chi connectivity index (χ4v) is 4.85. The van der Waals surface area contributed by atoms with Crippen molar-refractivity contribution in [3.63, 3.8) is 0 Å². The van der Waals surface area contributed by atoms with Gasteiger partial charge in [-0.2, -0.15) is 23.2 Å². The Morgan fingerprint density at radius 2 is 1.89 bits per heavy atom. The normalized spacial score (nSPS) is 13.0. The van der Waals surface area contributed by atoms with Crippen molar-refractivity contribution >= 4 is 20.9 Å². The summed E-state index contributed by atoms with van der Waals surface area (Å²) in [7, 11) is -4.56. The van der Waals surface area contributed by atoms with Gasteiger partial charge in [-0.05, 0) is 49.2 Å². The van der Waals surface area contributed by atoms with E-state index in [1.165, 1.54) is 29.1 Å². The van der Waals surface area contributed by atoms with Crippen LogP contribution in [-0.4, -0.2) is 51.9 Å². The summed E-state index contributed by atoms with van der Waals surface area (Å²) in [6.07, 6.45) is -1.04. The number of sulfonamides is 1. The summed E-state index contributed by atoms with van der Waals surface area (Å²) in [5.74, 6) is -0.542. The van der Waals surface area contributed by atoms with Crippen molar-refractivity contribution in [2.75, 3.05) is 6.61 Å². The van der Waals surface area contributed by atoms with Crippen LogP contribution in [0.1, 0.15) is 18.1 Å². The lowest BCUT2D eigenvalue weighted by atomic mass is 10.1. The van der Waals surface area contributed by atoms with E-state index in [-0.39, 0.29) is 46.9 Å². The topological polar surface area (TPSA) is 134 Å². The van der Waals surface area contributed by atoms with E-state index in [0.717, 1.165) is 18.3 Å². The summed E-state index contributed by atoms with van der Waals surface area (Å²) in [4.78, 5) is 12.0. The minimum Gasteiger partial charge on any atom is -0.396 e. The molecule has 3 heterocycles. The maximum Gasteiger partial charge on any atom is 0.404 e. The van der Waals surface area contributed by atoms with Crippen LogP contribution in [0.2, 0.25) is 0 Å². The average Bonchev–Trinajstić information content (AvgIpc) is 3.17. The van der Waals surface area contributed by atoms with E-state index in [1.807, 2.05) is 6.07 Å². The first-order valence-electron chi connectivity index (χ1n) is 10.7. The van der Waals surface area contributed by atoms with Crippen LogP contribution in [0, 0.1) is 17.1 Å². The highest BCUT2D eigenvalue weighted by atomic mass is 32.2. The zero-order valence-electron chi connectivity index (χ0n) is 19.0. The summed E-state index contributed by atoms with van der Waals surface area (Å²) >= 11 is 0. The van der Waals surface area contributed by atoms with Crippen LogP contribution in [0.15, 0.2) is 53.8 Å². The molecule has 0 aliphatic heterocycles. The largest absolute Gasteiger partial charge is 0.404 e. The maximum atomic E-state index is 14.7. The first-order valence-corrected chi connectivity index (χ1v) is 12.2. The summed E-state index contributed by atoms with van der Waals surface area (Å²) < 4.78 is 81.1. The molecule has 0 fully saturated rings. The molecule has 37 heavy (non-hydrogen) atoms. The Morgan fingerprint density at radius 1 is 1.19 bits per heavy atom. The third kappa shape index (κ3) is 5.01. The second-order valence-corrected chi connectivity index (χ2v) is 9.63. The van der Waals surface area contributed by atoms with Gasteiger partial charge in [0.2, 0.25) is 16.0 Å². The van der Waals surface area contributed by atoms with E-state index in [2.05, 4.69) is 15.0 Å². The van der Waals surface area contributed by atoms with Crippen molar-refractivity contribution in [3.05, 3.63) is 65.9 Å². The monoisotopic (exact) mass is 534 g/mol. The molecule has 0 amide bonds. The van der Waals surface area contributed by atoms with Crippen LogP contribution < -0.4 is 4.72 Å². The van der Waals surface area contributed by atoms with E-state index in [9.17, 15) is 36.3 Å². The Kier molecular flexibility index (Phi) is 6.96. The van der Waals surface area contributed by atoms with Gasteiger partial charge in [0.25, 0.3) is 0 Å². The number of nitriles is 1. The SMILES string of the molecule is C[C@H](NS(=O)(=O)c1ccc(-c2c(C#N)c3cc(F)c(CCO)cc3n2-c2ncccn2)nc1)C(F)(F)F. The molecule has 9 nitrogen and oxygen atoms in total. The second-order valence-electron chi connectivity index (χ2n) is 7.92. The van der Waals surface area contributed by atoms with Gasteiger partial charge in [0, 0.05) is 30.6 Å². The summed E-state index contributed by atoms with van der Waals surface area (Å²) in [6, 6.07) is 6.08. The standard InChI is InChI=1S/C23H18F4N6O3S/c1-13(23(25,26)27)32-37(35,36)15-3-4-19(31-12-15)21-17(11-28)16-10-18(24)14(5-8-34)9-20(16)33(21)22-29-6-2-7-30-22/h2-4,6-7,9-10,12-13,32,34H,5,8H2,1H3/t13-/m0/s1. The number of alkyl halides is 3. The first-order chi connectivity index (χ1) is 17.5. The Bertz CT molecular complexity index is 1600. The molecule has 0 saturated carbocycles. The van der Waals surface area contributed by atoms with E-state index < -0.39 is 33.0 Å². The molecule has 1 atom stereocenters. The van der Waals surface area contributed by atoms with Gasteiger partial charge in [0.1, 0.15) is 22.8 Å². The van der Waals surface area contributed by atoms with Crippen LogP contribution in [0.25, 0.3) is 28.2 Å². The number of aliphatic hydroxyl groups excluding tert-OH is 1. The van der Waals surface area contributed by atoms with E-state index in [4.69, 9.17) is 0 Å². The first kappa shape index (κ1) is 26.1. The molecule has 0 spiro atoms. The molecule has 0 saturated heterocycles. The van der Waals surface area contributed by atoms with Crippen molar-refractivity contribution in [2.45, 2.75) is 30.5 Å². The molecule has 4 rings (SSSR count). The zero-order chi connectivity index (χ0) is 27.0. The van der Waals surface area contributed by atoms with Crippen LogP contribution in [0.5, 0.6) is 0 Å². The summed E-state index contributed by atoms with van der Waals surface area (Å²) in [6.45, 7) is 0.350. The fraction of sp³-hybridized carbons (Fsp3) is 0.217. The lowest BCUT2D eigenvalue weighted by Crippen LogP contribution is -2.42. The second kappa shape index (κ2) is 9.85. The molecular formula is C23H18F4N6O3S. The van der Waals surface area contributed by atoms with E-state index in [1.54, 1.807) is 10.8 Å². The lowest BCUT2D eigenvalue weighted by molar-refractivity contribution is -0.147. The molecule has 0 radical (unpaired) electrons. The lowest BCUT2D eigenvalue weighted by Gasteiger charge is -2.17. The number of nitrogens with one attached hydrogen (secondary N) is 1. The molecular weight excluding hydrogens is 516 g/mol. The fourth-order valence-electron chi connectivity index (χ4n) is 3.68. The predicted octanol–water partition coefficient (Wildman–Crippen LogP) is 3.26. The number of halogens is 4. The van der Waals surface area contributed by atoms with Gasteiger partial charge >= 0.3 is 6.18 Å². The number of aliphatic hydroxyl groups is 1. The highest BCUT2D eigenvalue weighted by Gasteiger charge is 2.39. The number of hydrogen-bond donors (Lipinski definition) is 2. The quantitative estimate of drug-likeness (QED) is 0.348. The van der Waals surface area contributed by atoms with Crippen LogP contribution >= 0.6 is 0 Å². The minimum atomic E-state index is -4.79. The highest BCUT2D eigenvalue weighted by molar-refractivity contribution is 7.89. The molecule has 1 aromatic carbocycles. The van der Waals surface area contributed by atoms with E-state index in [0.29, 0.717) is 12.4 Å². The molecule has 4 aromatic rings. The molecule has 2 N–H and O–H groups in total. The van der Waals surface area contributed by atoms with Crippen molar-refractivity contribution < 1.29 is 31.1 Å². The van der Waals surface area contributed by atoms with Gasteiger partial charge in [0.15, 0.2) is 0 Å². The molecule has 3 aromatic heterocycles. The molecule has 14 heteroatoms. The minimum absolute atomic E-state index is 0.00791. The van der Waals surface area contributed by atoms with Gasteiger partial charge in [-0.25, -0.2) is 22.8 Å². The van der Waals surface area contributed by atoms with Crippen molar-refractivity contribution in [1.29, 1.82) is 5.26 Å². The van der Waals surface area contributed by atoms with Crippen LogP contribution in [-0.2, 0) is 16.4 Å². The van der Waals surface area contributed by atoms with Crippen molar-refractivity contribution in [1.82, 2.24) is 24.2 Å². The van der Waals surface area contributed by atoms with Crippen molar-refractivity contribution in [2.24, 2.45) is 0 Å². The number of pyridine rings is 1. The third-order valence-corrected chi connectivity index (χ3v) is 7.02. The number of nitrogens with zero attached hydrogens (tertiary/aromatic N) is 5. The maximum absolute atomic E-state index is 14.7. The number of rotatable bonds is 7. The van der Waals surface area contributed by atoms with Gasteiger partial charge in [0.05, 0.1) is 22.5 Å². The predicted molar refractivity (Wildman–Crippen MR) is 123 cm³/mol. The third-order valence-electron chi connectivity index (χ3n) is 5.49. The molecule has 0 unspecified atom stereocenters. The van der Waals surface area contributed by atoms with E-state index >= 15 is 0 Å². The summed E-state index contributed by atoms with van der Waals surface area (Å²) in [5.41, 5.74) is 0.683. The van der Waals surface area contributed by atoms with Crippen LogP contribution in [0.4, 0.5) is 17.6 Å². The summed E-state index contributed by atoms with van der Waals surface area (Å²) in [5, 5.41) is 19.5. The zero-order valence-corrected chi connectivity index (χ0v) is 19.8. The Labute approximate surface area is 208 Å².